The summed E-state index contributed by atoms with van der Waals surface area (Å²) in [6.45, 7) is 0.990. The van der Waals surface area contributed by atoms with Crippen LogP contribution >= 0.6 is 0 Å². The molecule has 122 valence electrons. The molecule has 1 amide bonds. The number of halogens is 1. The van der Waals surface area contributed by atoms with Crippen LogP contribution in [0.2, 0.25) is 0 Å². The topological polar surface area (TPSA) is 57.6 Å². The largest absolute Gasteiger partial charge is 0.481 e. The molecule has 4 nitrogen and oxygen atoms in total. The molecule has 5 aliphatic rings. The SMILES string of the molecule is O=C(O)C12CCC(C(=O)N3C[C@@H]4CC[C@]4(CF)C3)(CC1)CC2. The lowest BCUT2D eigenvalue weighted by Gasteiger charge is -2.51. The molecule has 0 unspecified atom stereocenters. The molecule has 0 aromatic carbocycles. The van der Waals surface area contributed by atoms with Gasteiger partial charge in [-0.1, -0.05) is 0 Å². The number of hydrogen-bond donors (Lipinski definition) is 1. The van der Waals surface area contributed by atoms with E-state index < -0.39 is 11.4 Å². The number of aliphatic carboxylic acids is 1. The van der Waals surface area contributed by atoms with Gasteiger partial charge in [-0.15, -0.1) is 0 Å². The molecule has 5 heteroatoms. The van der Waals surface area contributed by atoms with E-state index in [1.54, 1.807) is 0 Å². The van der Waals surface area contributed by atoms with Crippen molar-refractivity contribution in [1.29, 1.82) is 0 Å². The molecule has 0 spiro atoms. The molecule has 1 N–H and O–H groups in total. The van der Waals surface area contributed by atoms with Crippen molar-refractivity contribution in [1.82, 2.24) is 4.90 Å². The third-order valence-corrected chi connectivity index (χ3v) is 7.51. The normalized spacial score (nSPS) is 46.2. The quantitative estimate of drug-likeness (QED) is 0.872. The number of carboxylic acids is 1. The summed E-state index contributed by atoms with van der Waals surface area (Å²) in [5, 5.41) is 9.45. The van der Waals surface area contributed by atoms with Gasteiger partial charge in [-0.3, -0.25) is 14.0 Å². The third-order valence-electron chi connectivity index (χ3n) is 7.51. The Morgan fingerprint density at radius 3 is 2.05 bits per heavy atom. The molecule has 4 saturated carbocycles. The molecule has 0 aromatic rings. The summed E-state index contributed by atoms with van der Waals surface area (Å²) in [5.41, 5.74) is -1.18. The number of carbonyl (C=O) groups is 2. The average Bonchev–Trinajstić information content (AvgIpc) is 2.80. The monoisotopic (exact) mass is 309 g/mol. The molecule has 2 bridgehead atoms. The predicted octanol–water partition coefficient (Wildman–Crippen LogP) is 2.62. The second-order valence-corrected chi connectivity index (χ2v) is 8.28. The van der Waals surface area contributed by atoms with Gasteiger partial charge in [0.25, 0.3) is 0 Å². The van der Waals surface area contributed by atoms with Gasteiger partial charge in [-0.25, -0.2) is 0 Å². The zero-order valence-corrected chi connectivity index (χ0v) is 12.9. The number of nitrogens with zero attached hydrogens (tertiary/aromatic N) is 1. The highest BCUT2D eigenvalue weighted by molar-refractivity contribution is 5.85. The first kappa shape index (κ1) is 14.5. The number of amides is 1. The van der Waals surface area contributed by atoms with E-state index in [1.807, 2.05) is 4.90 Å². The van der Waals surface area contributed by atoms with Crippen LogP contribution in [0, 0.1) is 22.2 Å². The van der Waals surface area contributed by atoms with Crippen LogP contribution in [-0.4, -0.2) is 41.6 Å². The number of alkyl halides is 1. The average molecular weight is 309 g/mol. The van der Waals surface area contributed by atoms with E-state index in [1.165, 1.54) is 0 Å². The van der Waals surface area contributed by atoms with Gasteiger partial charge in [-0.2, -0.15) is 0 Å². The molecule has 22 heavy (non-hydrogen) atoms. The number of carboxylic acid groups (broad SMARTS) is 1. The standard InChI is InChI=1S/C17H24FNO3/c18-10-17-2-1-12(17)9-19(11-17)13(20)15-3-6-16(7-4-15,8-5-15)14(21)22/h12H,1-11H2,(H,21,22)/t12-,15?,16?,17-/m0/s1. The maximum absolute atomic E-state index is 13.4. The molecule has 1 aliphatic heterocycles. The number of hydrogen-bond acceptors (Lipinski definition) is 2. The van der Waals surface area contributed by atoms with Crippen molar-refractivity contribution in [3.63, 3.8) is 0 Å². The highest BCUT2D eigenvalue weighted by Crippen LogP contribution is 2.59. The van der Waals surface area contributed by atoms with Crippen LogP contribution in [0.1, 0.15) is 51.4 Å². The summed E-state index contributed by atoms with van der Waals surface area (Å²) in [7, 11) is 0. The fourth-order valence-corrected chi connectivity index (χ4v) is 5.50. The van der Waals surface area contributed by atoms with E-state index in [-0.39, 0.29) is 23.4 Å². The Morgan fingerprint density at radius 2 is 1.64 bits per heavy atom. The lowest BCUT2D eigenvalue weighted by atomic mass is 9.53. The lowest BCUT2D eigenvalue weighted by Crippen LogP contribution is -2.53. The van der Waals surface area contributed by atoms with Crippen LogP contribution in [0.3, 0.4) is 0 Å². The molecular formula is C17H24FNO3. The Morgan fingerprint density at radius 1 is 1.05 bits per heavy atom. The second kappa shape index (κ2) is 4.45. The first-order valence-electron chi connectivity index (χ1n) is 8.54. The minimum absolute atomic E-state index is 0.188. The zero-order valence-electron chi connectivity index (χ0n) is 12.9. The van der Waals surface area contributed by atoms with Gasteiger partial charge < -0.3 is 10.0 Å². The van der Waals surface area contributed by atoms with Gasteiger partial charge in [0.15, 0.2) is 0 Å². The number of fused-ring (bicyclic) bond motifs is 4. The molecule has 1 saturated heterocycles. The minimum Gasteiger partial charge on any atom is -0.481 e. The van der Waals surface area contributed by atoms with Crippen molar-refractivity contribution in [2.45, 2.75) is 51.4 Å². The van der Waals surface area contributed by atoms with Crippen molar-refractivity contribution in [2.75, 3.05) is 19.8 Å². The number of likely N-dealkylation sites (tertiary alicyclic amines) is 1. The summed E-state index contributed by atoms with van der Waals surface area (Å²) in [5.74, 6) is -0.152. The summed E-state index contributed by atoms with van der Waals surface area (Å²) in [6, 6.07) is 0. The van der Waals surface area contributed by atoms with Gasteiger partial charge in [0.2, 0.25) is 5.91 Å². The summed E-state index contributed by atoms with van der Waals surface area (Å²) in [6.07, 6.45) is 5.92. The fourth-order valence-electron chi connectivity index (χ4n) is 5.50. The van der Waals surface area contributed by atoms with E-state index in [9.17, 15) is 19.1 Å². The van der Waals surface area contributed by atoms with Gasteiger partial charge in [0.05, 0.1) is 12.1 Å². The second-order valence-electron chi connectivity index (χ2n) is 8.28. The van der Waals surface area contributed by atoms with Gasteiger partial charge >= 0.3 is 5.97 Å². The van der Waals surface area contributed by atoms with Crippen molar-refractivity contribution in [2.24, 2.45) is 22.2 Å². The Bertz CT molecular complexity index is 505. The van der Waals surface area contributed by atoms with Crippen molar-refractivity contribution < 1.29 is 19.1 Å². The summed E-state index contributed by atoms with van der Waals surface area (Å²) < 4.78 is 13.4. The molecule has 1 heterocycles. The van der Waals surface area contributed by atoms with E-state index >= 15 is 0 Å². The lowest BCUT2D eigenvalue weighted by molar-refractivity contribution is -0.167. The van der Waals surface area contributed by atoms with Crippen LogP contribution in [-0.2, 0) is 9.59 Å². The Hall–Kier alpha value is -1.13. The third kappa shape index (κ3) is 1.68. The van der Waals surface area contributed by atoms with Crippen LogP contribution in [0.5, 0.6) is 0 Å². The van der Waals surface area contributed by atoms with Gasteiger partial charge in [-0.05, 0) is 57.3 Å². The fraction of sp³-hybridized carbons (Fsp3) is 0.882. The van der Waals surface area contributed by atoms with Crippen LogP contribution in [0.25, 0.3) is 0 Å². The van der Waals surface area contributed by atoms with E-state index in [4.69, 9.17) is 0 Å². The minimum atomic E-state index is -0.691. The smallest absolute Gasteiger partial charge is 0.309 e. The van der Waals surface area contributed by atoms with Gasteiger partial charge in [0.1, 0.15) is 0 Å². The molecule has 0 aromatic heterocycles. The van der Waals surface area contributed by atoms with Crippen LogP contribution in [0.15, 0.2) is 0 Å². The van der Waals surface area contributed by atoms with Crippen molar-refractivity contribution >= 4 is 11.9 Å². The summed E-state index contributed by atoms with van der Waals surface area (Å²) in [4.78, 5) is 26.5. The number of carbonyl (C=O) groups excluding carboxylic acids is 1. The molecule has 2 atom stereocenters. The summed E-state index contributed by atoms with van der Waals surface area (Å²) >= 11 is 0. The molecule has 5 fully saturated rings. The van der Waals surface area contributed by atoms with E-state index in [0.29, 0.717) is 57.5 Å². The van der Waals surface area contributed by atoms with Crippen molar-refractivity contribution in [3.05, 3.63) is 0 Å². The zero-order chi connectivity index (χ0) is 15.6. The molecule has 5 rings (SSSR count). The predicted molar refractivity (Wildman–Crippen MR) is 77.9 cm³/mol. The molecule has 0 radical (unpaired) electrons. The van der Waals surface area contributed by atoms with Crippen LogP contribution < -0.4 is 0 Å². The highest BCUT2D eigenvalue weighted by Gasteiger charge is 2.60. The van der Waals surface area contributed by atoms with Gasteiger partial charge in [0, 0.05) is 23.9 Å². The Balaban J connectivity index is 1.50. The Labute approximate surface area is 130 Å². The van der Waals surface area contributed by atoms with Crippen molar-refractivity contribution in [3.8, 4) is 0 Å². The molecular weight excluding hydrogens is 285 g/mol. The highest BCUT2D eigenvalue weighted by atomic mass is 19.1. The van der Waals surface area contributed by atoms with Crippen LogP contribution in [0.4, 0.5) is 4.39 Å². The Kier molecular flexibility index (Phi) is 2.93. The maximum Gasteiger partial charge on any atom is 0.309 e. The first-order chi connectivity index (χ1) is 10.5. The number of rotatable bonds is 3. The van der Waals surface area contributed by atoms with E-state index in [0.717, 1.165) is 12.8 Å². The maximum atomic E-state index is 13.4. The molecule has 4 aliphatic carbocycles. The first-order valence-corrected chi connectivity index (χ1v) is 8.54. The van der Waals surface area contributed by atoms with E-state index in [2.05, 4.69) is 0 Å².